The monoisotopic (exact) mass is 429 g/mol. The van der Waals surface area contributed by atoms with Gasteiger partial charge in [-0.1, -0.05) is 18.2 Å². The predicted molar refractivity (Wildman–Crippen MR) is 121 cm³/mol. The van der Waals surface area contributed by atoms with Crippen molar-refractivity contribution in [2.24, 2.45) is 14.1 Å². The van der Waals surface area contributed by atoms with Crippen molar-refractivity contribution in [1.82, 2.24) is 18.7 Å². The van der Waals surface area contributed by atoms with Gasteiger partial charge in [0.1, 0.15) is 5.01 Å². The molecule has 0 unspecified atom stereocenters. The Balaban J connectivity index is 1.98. The molecule has 4 aromatic rings. The van der Waals surface area contributed by atoms with Crippen molar-refractivity contribution in [3.8, 4) is 17.3 Å². The average Bonchev–Trinajstić information content (AvgIpc) is 3.37. The minimum Gasteiger partial charge on any atom is -0.338 e. The summed E-state index contributed by atoms with van der Waals surface area (Å²) in [5, 5.41) is 12.7. The van der Waals surface area contributed by atoms with E-state index in [0.717, 1.165) is 44.2 Å². The van der Waals surface area contributed by atoms with E-state index in [1.165, 1.54) is 7.05 Å². The Morgan fingerprint density at radius 3 is 2.68 bits per heavy atom. The van der Waals surface area contributed by atoms with Crippen molar-refractivity contribution < 1.29 is 0 Å². The Hall–Kier alpha value is -3.70. The molecule has 7 nitrogen and oxygen atoms in total. The molecule has 154 valence electrons. The highest BCUT2D eigenvalue weighted by Crippen LogP contribution is 2.40. The highest BCUT2D eigenvalue weighted by molar-refractivity contribution is 7.10. The van der Waals surface area contributed by atoms with Crippen molar-refractivity contribution >= 4 is 27.8 Å². The molecule has 1 aliphatic rings. The number of benzene rings is 1. The molecule has 0 spiro atoms. The van der Waals surface area contributed by atoms with Crippen molar-refractivity contribution in [2.75, 3.05) is 0 Å². The first-order chi connectivity index (χ1) is 14.9. The summed E-state index contributed by atoms with van der Waals surface area (Å²) in [6, 6.07) is 9.42. The van der Waals surface area contributed by atoms with Crippen molar-refractivity contribution in [3.63, 3.8) is 0 Å². The van der Waals surface area contributed by atoms with Gasteiger partial charge in [0.05, 0.1) is 33.9 Å². The van der Waals surface area contributed by atoms with Crippen LogP contribution in [0.25, 0.3) is 27.7 Å². The normalized spacial score (nSPS) is 13.2. The summed E-state index contributed by atoms with van der Waals surface area (Å²) in [6.07, 6.45) is 2.91. The third-order valence-corrected chi connectivity index (χ3v) is 6.73. The number of allylic oxidation sites excluding steroid dienone is 1. The number of thiazole rings is 1. The van der Waals surface area contributed by atoms with Crippen LogP contribution in [0, 0.1) is 18.3 Å². The second-order valence-corrected chi connectivity index (χ2v) is 8.53. The summed E-state index contributed by atoms with van der Waals surface area (Å²) < 4.78 is 4.79. The molecule has 0 radical (unpaired) electrons. The first kappa shape index (κ1) is 19.3. The summed E-state index contributed by atoms with van der Waals surface area (Å²) in [5.74, 6) is 0. The van der Waals surface area contributed by atoms with Gasteiger partial charge in [0.25, 0.3) is 5.56 Å². The Morgan fingerprint density at radius 1 is 1.16 bits per heavy atom. The van der Waals surface area contributed by atoms with Crippen LogP contribution in [0.15, 0.2) is 45.3 Å². The topological polar surface area (TPSA) is 85.6 Å². The molecule has 0 N–H and O–H groups in total. The number of rotatable bonds is 2. The molecule has 0 amide bonds. The van der Waals surface area contributed by atoms with Gasteiger partial charge in [0.2, 0.25) is 0 Å². The minimum atomic E-state index is -0.372. The van der Waals surface area contributed by atoms with E-state index < -0.39 is 0 Å². The van der Waals surface area contributed by atoms with Crippen LogP contribution in [0.5, 0.6) is 0 Å². The molecule has 3 aromatic heterocycles. The number of nitriles is 1. The van der Waals surface area contributed by atoms with Crippen molar-refractivity contribution in [1.29, 1.82) is 5.26 Å². The van der Waals surface area contributed by atoms with E-state index in [0.29, 0.717) is 23.0 Å². The molecule has 0 aliphatic carbocycles. The lowest BCUT2D eigenvalue weighted by atomic mass is 10.1. The fraction of sp³-hybridized carbons (Fsp3) is 0.217. The van der Waals surface area contributed by atoms with Crippen LogP contribution in [0.1, 0.15) is 28.4 Å². The molecular weight excluding hydrogens is 410 g/mol. The summed E-state index contributed by atoms with van der Waals surface area (Å²) in [4.78, 5) is 30.8. The molecule has 4 heterocycles. The van der Waals surface area contributed by atoms with Crippen LogP contribution >= 0.6 is 11.3 Å². The first-order valence-corrected chi connectivity index (χ1v) is 10.8. The zero-order valence-electron chi connectivity index (χ0n) is 17.3. The van der Waals surface area contributed by atoms with Crippen LogP contribution in [-0.2, 0) is 20.6 Å². The van der Waals surface area contributed by atoms with Crippen LogP contribution in [0.3, 0.4) is 0 Å². The fourth-order valence-electron chi connectivity index (χ4n) is 4.34. The molecule has 1 aliphatic heterocycles. The second kappa shape index (κ2) is 6.93. The highest BCUT2D eigenvalue weighted by Gasteiger charge is 2.29. The Kier molecular flexibility index (Phi) is 4.31. The maximum Gasteiger partial charge on any atom is 0.331 e. The van der Waals surface area contributed by atoms with E-state index in [1.807, 2.05) is 24.4 Å². The second-order valence-electron chi connectivity index (χ2n) is 7.67. The van der Waals surface area contributed by atoms with Crippen LogP contribution in [0.2, 0.25) is 0 Å². The van der Waals surface area contributed by atoms with Gasteiger partial charge in [-0.25, -0.2) is 9.78 Å². The van der Waals surface area contributed by atoms with E-state index in [4.69, 9.17) is 0 Å². The first-order valence-electron chi connectivity index (χ1n) is 9.88. The SMILES string of the molecule is Cc1csc(C2=CCCn3c(-c4cccc(C#N)c4)c4c(=O)n(C)c(=O)n(C)c4c32)n1. The average molecular weight is 430 g/mol. The number of fused-ring (bicyclic) bond motifs is 3. The summed E-state index contributed by atoms with van der Waals surface area (Å²) >= 11 is 1.55. The number of nitrogens with zero attached hydrogens (tertiary/aromatic N) is 5. The standard InChI is InChI=1S/C23H19N5O2S/c1-13-12-31-21(25-13)16-8-5-9-28-18(15-7-4-6-14(10-15)11-24)17-20(19(16)28)26(2)23(30)27(3)22(17)29/h4,6-8,10,12H,5,9H2,1-3H3. The van der Waals surface area contributed by atoms with Crippen molar-refractivity contribution in [2.45, 2.75) is 19.9 Å². The van der Waals surface area contributed by atoms with Crippen LogP contribution in [-0.4, -0.2) is 18.7 Å². The maximum absolute atomic E-state index is 13.4. The molecule has 1 aromatic carbocycles. The number of aryl methyl sites for hydroxylation is 2. The third kappa shape index (κ3) is 2.74. The molecule has 0 fully saturated rings. The van der Waals surface area contributed by atoms with Gasteiger partial charge < -0.3 is 4.57 Å². The zero-order chi connectivity index (χ0) is 21.9. The summed E-state index contributed by atoms with van der Waals surface area (Å²) in [6.45, 7) is 2.62. The van der Waals surface area contributed by atoms with Gasteiger partial charge in [-0.2, -0.15) is 5.26 Å². The lowest BCUT2D eigenvalue weighted by molar-refractivity contribution is 0.695. The van der Waals surface area contributed by atoms with E-state index in [1.54, 1.807) is 35.1 Å². The lowest BCUT2D eigenvalue weighted by Gasteiger charge is -2.19. The Labute approximate surface area is 181 Å². The van der Waals surface area contributed by atoms with E-state index in [-0.39, 0.29) is 11.2 Å². The van der Waals surface area contributed by atoms with E-state index in [2.05, 4.69) is 21.7 Å². The predicted octanol–water partition coefficient (Wildman–Crippen LogP) is 3.18. The molecule has 31 heavy (non-hydrogen) atoms. The molecule has 0 bridgehead atoms. The Bertz CT molecular complexity index is 1570. The molecule has 0 atom stereocenters. The van der Waals surface area contributed by atoms with Gasteiger partial charge >= 0.3 is 5.69 Å². The number of hydrogen-bond donors (Lipinski definition) is 0. The molecule has 8 heteroatoms. The highest BCUT2D eigenvalue weighted by atomic mass is 32.1. The van der Waals surface area contributed by atoms with Gasteiger partial charge in [-0.15, -0.1) is 11.3 Å². The molecule has 0 saturated carbocycles. The van der Waals surface area contributed by atoms with Gasteiger partial charge in [-0.3, -0.25) is 13.9 Å². The maximum atomic E-state index is 13.4. The van der Waals surface area contributed by atoms with Crippen LogP contribution in [0.4, 0.5) is 0 Å². The molecular formula is C23H19N5O2S. The lowest BCUT2D eigenvalue weighted by Crippen LogP contribution is -2.36. The van der Waals surface area contributed by atoms with Gasteiger partial charge in [0.15, 0.2) is 0 Å². The number of aromatic nitrogens is 4. The van der Waals surface area contributed by atoms with E-state index >= 15 is 0 Å². The fourth-order valence-corrected chi connectivity index (χ4v) is 5.18. The van der Waals surface area contributed by atoms with Crippen LogP contribution < -0.4 is 11.2 Å². The smallest absolute Gasteiger partial charge is 0.331 e. The molecule has 5 rings (SSSR count). The largest absolute Gasteiger partial charge is 0.338 e. The van der Waals surface area contributed by atoms with Crippen molar-refractivity contribution in [3.05, 3.63) is 78.5 Å². The molecule has 0 saturated heterocycles. The van der Waals surface area contributed by atoms with Gasteiger partial charge in [0, 0.05) is 42.9 Å². The summed E-state index contributed by atoms with van der Waals surface area (Å²) in [5.41, 5.74) is 4.61. The zero-order valence-corrected chi connectivity index (χ0v) is 18.2. The number of hydrogen-bond acceptors (Lipinski definition) is 5. The van der Waals surface area contributed by atoms with E-state index in [9.17, 15) is 14.9 Å². The Morgan fingerprint density at radius 2 is 1.97 bits per heavy atom. The quantitative estimate of drug-likeness (QED) is 0.490. The van der Waals surface area contributed by atoms with Gasteiger partial charge in [-0.05, 0) is 25.5 Å². The minimum absolute atomic E-state index is 0.341. The third-order valence-electron chi connectivity index (χ3n) is 5.74. The summed E-state index contributed by atoms with van der Waals surface area (Å²) in [7, 11) is 3.19.